The van der Waals surface area contributed by atoms with Crippen LogP contribution in [-0.2, 0) is 0 Å². The van der Waals surface area contributed by atoms with E-state index < -0.39 is 7.12 Å². The molecule has 170 valence electrons. The Balaban J connectivity index is 1.54. The molecule has 0 aliphatic carbocycles. The van der Waals surface area contributed by atoms with E-state index in [9.17, 15) is 10.0 Å². The quantitative estimate of drug-likeness (QED) is 0.205. The molecule has 0 aliphatic heterocycles. The third kappa shape index (κ3) is 3.27. The van der Waals surface area contributed by atoms with Crippen LogP contribution in [0.2, 0.25) is 0 Å². The Bertz CT molecular complexity index is 1940. The maximum atomic E-state index is 9.71. The standard InChI is InChI=1S/C32H21BO2S/c34-33(35)22-10-5-9-20(18-22)24-14-6-15-27-28-16-7-17-29(32(28)36-31(24)27)30-19-21-8-1-2-11-23(21)25-12-3-4-13-26(25)30/h1-19,34-35H. The highest BCUT2D eigenvalue weighted by Gasteiger charge is 2.17. The van der Waals surface area contributed by atoms with E-state index in [-0.39, 0.29) is 0 Å². The van der Waals surface area contributed by atoms with Crippen LogP contribution < -0.4 is 5.46 Å². The van der Waals surface area contributed by atoms with Gasteiger partial charge in [0.15, 0.2) is 0 Å². The fourth-order valence-corrected chi connectivity index (χ4v) is 6.77. The van der Waals surface area contributed by atoms with Gasteiger partial charge in [0, 0.05) is 25.7 Å². The molecule has 0 amide bonds. The highest BCUT2D eigenvalue weighted by molar-refractivity contribution is 7.26. The van der Waals surface area contributed by atoms with E-state index in [0.29, 0.717) is 5.46 Å². The normalized spacial score (nSPS) is 11.6. The molecule has 0 bridgehead atoms. The molecule has 7 rings (SSSR count). The van der Waals surface area contributed by atoms with Gasteiger partial charge in [-0.2, -0.15) is 0 Å². The lowest BCUT2D eigenvalue weighted by atomic mass is 9.79. The first kappa shape index (κ1) is 21.3. The summed E-state index contributed by atoms with van der Waals surface area (Å²) in [6.45, 7) is 0. The van der Waals surface area contributed by atoms with Crippen LogP contribution in [0.4, 0.5) is 0 Å². The summed E-state index contributed by atoms with van der Waals surface area (Å²) in [7, 11) is -1.49. The molecule has 7 aromatic rings. The van der Waals surface area contributed by atoms with Gasteiger partial charge in [-0.25, -0.2) is 0 Å². The van der Waals surface area contributed by atoms with E-state index in [1.54, 1.807) is 6.07 Å². The zero-order valence-corrected chi connectivity index (χ0v) is 20.2. The third-order valence-corrected chi connectivity index (χ3v) is 8.37. The van der Waals surface area contributed by atoms with Gasteiger partial charge in [-0.3, -0.25) is 0 Å². The molecule has 0 fully saturated rings. The van der Waals surface area contributed by atoms with Crippen LogP contribution in [0.3, 0.4) is 0 Å². The Morgan fingerprint density at radius 3 is 1.86 bits per heavy atom. The van der Waals surface area contributed by atoms with Gasteiger partial charge in [-0.1, -0.05) is 109 Å². The average molecular weight is 480 g/mol. The minimum absolute atomic E-state index is 0.494. The van der Waals surface area contributed by atoms with Crippen molar-refractivity contribution in [1.82, 2.24) is 0 Å². The molecule has 0 radical (unpaired) electrons. The van der Waals surface area contributed by atoms with Crippen molar-refractivity contribution >= 4 is 65.6 Å². The molecule has 2 nitrogen and oxygen atoms in total. The lowest BCUT2D eigenvalue weighted by molar-refractivity contribution is 0.426. The summed E-state index contributed by atoms with van der Waals surface area (Å²) in [5.41, 5.74) is 5.06. The maximum Gasteiger partial charge on any atom is 0.488 e. The number of benzene rings is 6. The first-order valence-electron chi connectivity index (χ1n) is 12.0. The van der Waals surface area contributed by atoms with Crippen molar-refractivity contribution in [3.8, 4) is 22.3 Å². The largest absolute Gasteiger partial charge is 0.488 e. The minimum Gasteiger partial charge on any atom is -0.423 e. The average Bonchev–Trinajstić information content (AvgIpc) is 3.32. The van der Waals surface area contributed by atoms with Crippen molar-refractivity contribution < 1.29 is 10.0 Å². The molecule has 0 saturated carbocycles. The number of fused-ring (bicyclic) bond motifs is 6. The second kappa shape index (κ2) is 8.32. The van der Waals surface area contributed by atoms with E-state index in [0.717, 1.165) is 11.1 Å². The van der Waals surface area contributed by atoms with Gasteiger partial charge in [0.2, 0.25) is 0 Å². The van der Waals surface area contributed by atoms with E-state index in [1.807, 2.05) is 29.5 Å². The fraction of sp³-hybridized carbons (Fsp3) is 0. The van der Waals surface area contributed by atoms with E-state index >= 15 is 0 Å². The van der Waals surface area contributed by atoms with Gasteiger partial charge >= 0.3 is 7.12 Å². The maximum absolute atomic E-state index is 9.71. The lowest BCUT2D eigenvalue weighted by Crippen LogP contribution is -2.29. The highest BCUT2D eigenvalue weighted by Crippen LogP contribution is 2.45. The molecule has 0 saturated heterocycles. The van der Waals surface area contributed by atoms with Gasteiger partial charge in [0.25, 0.3) is 0 Å². The van der Waals surface area contributed by atoms with Crippen molar-refractivity contribution in [1.29, 1.82) is 0 Å². The molecule has 0 aliphatic rings. The topological polar surface area (TPSA) is 40.5 Å². The molecule has 1 aromatic heterocycles. The van der Waals surface area contributed by atoms with E-state index in [1.165, 1.54) is 52.8 Å². The Kier molecular flexibility index (Phi) is 4.93. The van der Waals surface area contributed by atoms with Crippen molar-refractivity contribution in [3.05, 3.63) is 115 Å². The van der Waals surface area contributed by atoms with Gasteiger partial charge in [0.1, 0.15) is 0 Å². The van der Waals surface area contributed by atoms with Crippen LogP contribution in [0.25, 0.3) is 64.0 Å². The number of hydrogen-bond donors (Lipinski definition) is 2. The van der Waals surface area contributed by atoms with Crippen molar-refractivity contribution in [2.45, 2.75) is 0 Å². The second-order valence-corrected chi connectivity index (χ2v) is 10.2. The van der Waals surface area contributed by atoms with Crippen LogP contribution in [0.1, 0.15) is 0 Å². The summed E-state index contributed by atoms with van der Waals surface area (Å²) >= 11 is 1.81. The number of rotatable bonds is 3. The van der Waals surface area contributed by atoms with Gasteiger partial charge in [0.05, 0.1) is 0 Å². The Hall–Kier alpha value is -3.96. The Morgan fingerprint density at radius 2 is 1.08 bits per heavy atom. The van der Waals surface area contributed by atoms with Crippen LogP contribution in [-0.4, -0.2) is 17.2 Å². The third-order valence-electron chi connectivity index (χ3n) is 7.08. The second-order valence-electron chi connectivity index (χ2n) is 9.16. The first-order valence-corrected chi connectivity index (χ1v) is 12.8. The lowest BCUT2D eigenvalue weighted by Gasteiger charge is -2.12. The van der Waals surface area contributed by atoms with Gasteiger partial charge in [-0.15, -0.1) is 11.3 Å². The smallest absolute Gasteiger partial charge is 0.423 e. The number of thiophene rings is 1. The molecule has 6 aromatic carbocycles. The Morgan fingerprint density at radius 1 is 0.472 bits per heavy atom. The van der Waals surface area contributed by atoms with Gasteiger partial charge < -0.3 is 10.0 Å². The summed E-state index contributed by atoms with van der Waals surface area (Å²) in [6, 6.07) is 40.1. The predicted molar refractivity (Wildman–Crippen MR) is 155 cm³/mol. The summed E-state index contributed by atoms with van der Waals surface area (Å²) in [5, 5.41) is 26.9. The van der Waals surface area contributed by atoms with Crippen molar-refractivity contribution in [3.63, 3.8) is 0 Å². The molecule has 36 heavy (non-hydrogen) atoms. The summed E-state index contributed by atoms with van der Waals surface area (Å²) < 4.78 is 2.47. The van der Waals surface area contributed by atoms with E-state index in [4.69, 9.17) is 0 Å². The monoisotopic (exact) mass is 480 g/mol. The molecular weight excluding hydrogens is 459 g/mol. The van der Waals surface area contributed by atoms with Crippen molar-refractivity contribution in [2.75, 3.05) is 0 Å². The van der Waals surface area contributed by atoms with Crippen LogP contribution in [0, 0.1) is 0 Å². The Labute approximate surface area is 212 Å². The molecule has 4 heteroatoms. The number of hydrogen-bond acceptors (Lipinski definition) is 3. The summed E-state index contributed by atoms with van der Waals surface area (Å²) in [4.78, 5) is 0. The van der Waals surface area contributed by atoms with Crippen LogP contribution in [0.5, 0.6) is 0 Å². The van der Waals surface area contributed by atoms with Crippen LogP contribution >= 0.6 is 11.3 Å². The fourth-order valence-electron chi connectivity index (χ4n) is 5.40. The van der Waals surface area contributed by atoms with Crippen molar-refractivity contribution in [2.24, 2.45) is 0 Å². The molecular formula is C32H21BO2S. The molecule has 0 atom stereocenters. The zero-order chi connectivity index (χ0) is 24.2. The molecule has 0 unspecified atom stereocenters. The SMILES string of the molecule is OB(O)c1cccc(-c2cccc3c2sc2c(-c4cc5ccccc5c5ccccc45)cccc23)c1. The van der Waals surface area contributed by atoms with E-state index in [2.05, 4.69) is 91.0 Å². The van der Waals surface area contributed by atoms with Crippen LogP contribution in [0.15, 0.2) is 115 Å². The summed E-state index contributed by atoms with van der Waals surface area (Å²) in [6.07, 6.45) is 0. The zero-order valence-electron chi connectivity index (χ0n) is 19.3. The molecule has 1 heterocycles. The highest BCUT2D eigenvalue weighted by atomic mass is 32.1. The summed E-state index contributed by atoms with van der Waals surface area (Å²) in [5.74, 6) is 0. The predicted octanol–water partition coefficient (Wildman–Crippen LogP) is 7.37. The molecule has 2 N–H and O–H groups in total. The van der Waals surface area contributed by atoms with Gasteiger partial charge in [-0.05, 0) is 49.8 Å². The minimum atomic E-state index is -1.49. The first-order chi connectivity index (χ1) is 17.7. The molecule has 0 spiro atoms.